The standard InChI is InChI=1S/C25H16S/c1-15-10-11-20-22(14-15)17-7-3-2-6-16(17)19-12-13-21-18-8-4-5-9-23(18)26-25(21)24(19)20/h2-14H,1H3. The molecule has 1 aromatic heterocycles. The van der Waals surface area contributed by atoms with Crippen molar-refractivity contribution in [3.8, 4) is 0 Å². The fourth-order valence-corrected chi connectivity index (χ4v) is 5.60. The summed E-state index contributed by atoms with van der Waals surface area (Å²) in [5.74, 6) is 0. The molecular formula is C25H16S. The van der Waals surface area contributed by atoms with Crippen molar-refractivity contribution in [1.82, 2.24) is 0 Å². The Bertz CT molecular complexity index is 1480. The molecule has 0 aliphatic carbocycles. The van der Waals surface area contributed by atoms with E-state index in [1.54, 1.807) is 0 Å². The van der Waals surface area contributed by atoms with Crippen molar-refractivity contribution in [2.45, 2.75) is 6.92 Å². The highest BCUT2D eigenvalue weighted by atomic mass is 32.1. The number of fused-ring (bicyclic) bond motifs is 10. The Morgan fingerprint density at radius 3 is 2.00 bits per heavy atom. The Balaban J connectivity index is 2.00. The molecule has 26 heavy (non-hydrogen) atoms. The lowest BCUT2D eigenvalue weighted by Crippen LogP contribution is -1.84. The summed E-state index contributed by atoms with van der Waals surface area (Å²) in [4.78, 5) is 0. The summed E-state index contributed by atoms with van der Waals surface area (Å²) in [5.41, 5.74) is 1.31. The van der Waals surface area contributed by atoms with E-state index < -0.39 is 0 Å². The zero-order valence-corrected chi connectivity index (χ0v) is 15.2. The fraction of sp³-hybridized carbons (Fsp3) is 0.0400. The maximum absolute atomic E-state index is 2.34. The summed E-state index contributed by atoms with van der Waals surface area (Å²) >= 11 is 1.92. The van der Waals surface area contributed by atoms with Crippen LogP contribution < -0.4 is 0 Å². The Labute approximate surface area is 155 Å². The fourth-order valence-electron chi connectivity index (χ4n) is 4.33. The molecule has 0 saturated heterocycles. The van der Waals surface area contributed by atoms with E-state index in [9.17, 15) is 0 Å². The first-order chi connectivity index (χ1) is 12.8. The molecule has 0 saturated carbocycles. The van der Waals surface area contributed by atoms with E-state index >= 15 is 0 Å². The van der Waals surface area contributed by atoms with Crippen LogP contribution >= 0.6 is 11.3 Å². The molecule has 0 bridgehead atoms. The highest BCUT2D eigenvalue weighted by molar-refractivity contribution is 7.26. The molecule has 0 nitrogen and oxygen atoms in total. The second kappa shape index (κ2) is 5.06. The third-order valence-electron chi connectivity index (χ3n) is 5.50. The van der Waals surface area contributed by atoms with Crippen LogP contribution in [-0.4, -0.2) is 0 Å². The van der Waals surface area contributed by atoms with Gasteiger partial charge in [0.15, 0.2) is 0 Å². The van der Waals surface area contributed by atoms with Crippen LogP contribution in [0.3, 0.4) is 0 Å². The van der Waals surface area contributed by atoms with Crippen LogP contribution in [-0.2, 0) is 0 Å². The molecule has 0 amide bonds. The highest BCUT2D eigenvalue weighted by Crippen LogP contribution is 2.44. The van der Waals surface area contributed by atoms with E-state index in [0.29, 0.717) is 0 Å². The van der Waals surface area contributed by atoms with E-state index in [2.05, 4.69) is 85.8 Å². The molecule has 0 aliphatic rings. The molecular weight excluding hydrogens is 332 g/mol. The van der Waals surface area contributed by atoms with Crippen LogP contribution in [0.2, 0.25) is 0 Å². The first-order valence-electron chi connectivity index (χ1n) is 8.96. The summed E-state index contributed by atoms with van der Waals surface area (Å²) in [7, 11) is 0. The van der Waals surface area contributed by atoms with Gasteiger partial charge in [-0.15, -0.1) is 11.3 Å². The van der Waals surface area contributed by atoms with Gasteiger partial charge in [0.05, 0.1) is 0 Å². The average Bonchev–Trinajstić information content (AvgIpc) is 3.06. The van der Waals surface area contributed by atoms with Crippen molar-refractivity contribution in [3.63, 3.8) is 0 Å². The highest BCUT2D eigenvalue weighted by Gasteiger charge is 2.14. The number of hydrogen-bond acceptors (Lipinski definition) is 1. The molecule has 0 unspecified atom stereocenters. The van der Waals surface area contributed by atoms with Crippen molar-refractivity contribution in [2.24, 2.45) is 0 Å². The number of benzene rings is 5. The maximum Gasteiger partial charge on any atom is 0.0440 e. The van der Waals surface area contributed by atoms with E-state index in [1.807, 2.05) is 11.3 Å². The van der Waals surface area contributed by atoms with Crippen molar-refractivity contribution < 1.29 is 0 Å². The molecule has 1 heteroatoms. The lowest BCUT2D eigenvalue weighted by atomic mass is 9.92. The van der Waals surface area contributed by atoms with Crippen LogP contribution in [0.25, 0.3) is 52.5 Å². The number of hydrogen-bond donors (Lipinski definition) is 0. The zero-order chi connectivity index (χ0) is 17.3. The van der Waals surface area contributed by atoms with Gasteiger partial charge in [-0.1, -0.05) is 78.4 Å². The minimum atomic E-state index is 1.31. The van der Waals surface area contributed by atoms with E-state index in [1.165, 1.54) is 58.1 Å². The summed E-state index contributed by atoms with van der Waals surface area (Å²) < 4.78 is 2.77. The summed E-state index contributed by atoms with van der Waals surface area (Å²) in [6.07, 6.45) is 0. The quantitative estimate of drug-likeness (QED) is 0.245. The molecule has 122 valence electrons. The van der Waals surface area contributed by atoms with Gasteiger partial charge in [-0.3, -0.25) is 0 Å². The summed E-state index contributed by atoms with van der Waals surface area (Å²) in [5, 5.41) is 10.9. The van der Waals surface area contributed by atoms with Gasteiger partial charge < -0.3 is 0 Å². The third kappa shape index (κ3) is 1.79. The molecule has 0 spiro atoms. The average molecular weight is 348 g/mol. The Kier molecular flexibility index (Phi) is 2.78. The summed E-state index contributed by atoms with van der Waals surface area (Å²) in [6, 6.07) is 29.1. The number of rotatable bonds is 0. The van der Waals surface area contributed by atoms with Gasteiger partial charge in [-0.25, -0.2) is 0 Å². The largest absolute Gasteiger partial charge is 0.135 e. The van der Waals surface area contributed by atoms with Crippen molar-refractivity contribution >= 4 is 63.8 Å². The molecule has 0 aliphatic heterocycles. The predicted octanol–water partition coefficient (Wildman–Crippen LogP) is 7.82. The minimum Gasteiger partial charge on any atom is -0.135 e. The third-order valence-corrected chi connectivity index (χ3v) is 6.70. The van der Waals surface area contributed by atoms with Crippen molar-refractivity contribution in [2.75, 3.05) is 0 Å². The van der Waals surface area contributed by atoms with Crippen molar-refractivity contribution in [1.29, 1.82) is 0 Å². The van der Waals surface area contributed by atoms with Gasteiger partial charge in [0.25, 0.3) is 0 Å². The van der Waals surface area contributed by atoms with Crippen LogP contribution in [0.5, 0.6) is 0 Å². The second-order valence-corrected chi connectivity index (χ2v) is 8.11. The Morgan fingerprint density at radius 1 is 0.538 bits per heavy atom. The monoisotopic (exact) mass is 348 g/mol. The molecule has 6 aromatic rings. The van der Waals surface area contributed by atoms with E-state index in [0.717, 1.165) is 0 Å². The zero-order valence-electron chi connectivity index (χ0n) is 14.4. The van der Waals surface area contributed by atoms with Gasteiger partial charge in [-0.05, 0) is 39.9 Å². The van der Waals surface area contributed by atoms with Crippen molar-refractivity contribution in [3.05, 3.63) is 84.4 Å². The summed E-state index contributed by atoms with van der Waals surface area (Å²) in [6.45, 7) is 2.18. The van der Waals surface area contributed by atoms with E-state index in [-0.39, 0.29) is 0 Å². The molecule has 0 radical (unpaired) electrons. The van der Waals surface area contributed by atoms with Crippen LogP contribution in [0, 0.1) is 6.92 Å². The van der Waals surface area contributed by atoms with Gasteiger partial charge >= 0.3 is 0 Å². The predicted molar refractivity (Wildman–Crippen MR) is 117 cm³/mol. The van der Waals surface area contributed by atoms with E-state index in [4.69, 9.17) is 0 Å². The van der Waals surface area contributed by atoms with Crippen LogP contribution in [0.15, 0.2) is 78.9 Å². The molecule has 5 aromatic carbocycles. The first kappa shape index (κ1) is 14.3. The number of aryl methyl sites for hydroxylation is 1. The maximum atomic E-state index is 2.34. The number of thiophene rings is 1. The van der Waals surface area contributed by atoms with Crippen LogP contribution in [0.4, 0.5) is 0 Å². The molecule has 0 fully saturated rings. The topological polar surface area (TPSA) is 0 Å². The van der Waals surface area contributed by atoms with Gasteiger partial charge in [0.2, 0.25) is 0 Å². The second-order valence-electron chi connectivity index (χ2n) is 7.06. The molecule has 0 N–H and O–H groups in total. The normalized spacial score (nSPS) is 12.0. The SMILES string of the molecule is Cc1ccc2c(c1)c1ccccc1c1ccc3c4ccccc4sc3c12. The van der Waals surface area contributed by atoms with Gasteiger partial charge in [0.1, 0.15) is 0 Å². The Morgan fingerprint density at radius 2 is 1.15 bits per heavy atom. The molecule has 1 heterocycles. The molecule has 0 atom stereocenters. The van der Waals surface area contributed by atoms with Gasteiger partial charge in [0, 0.05) is 25.6 Å². The first-order valence-corrected chi connectivity index (χ1v) is 9.78. The lowest BCUT2D eigenvalue weighted by molar-refractivity contribution is 1.51. The smallest absolute Gasteiger partial charge is 0.0440 e. The van der Waals surface area contributed by atoms with Gasteiger partial charge in [-0.2, -0.15) is 0 Å². The molecule has 6 rings (SSSR count). The Hall–Kier alpha value is -2.90. The lowest BCUT2D eigenvalue weighted by Gasteiger charge is -2.12. The minimum absolute atomic E-state index is 1.31. The van der Waals surface area contributed by atoms with Crippen LogP contribution in [0.1, 0.15) is 5.56 Å².